The molecule has 4 heteroatoms. The summed E-state index contributed by atoms with van der Waals surface area (Å²) in [6.07, 6.45) is 6.88. The average molecular weight is 193 g/mol. The summed E-state index contributed by atoms with van der Waals surface area (Å²) in [4.78, 5) is 20.7. The summed E-state index contributed by atoms with van der Waals surface area (Å²) in [5, 5.41) is 2.71. The molecule has 0 aromatic carbocycles. The monoisotopic (exact) mass is 193 g/mol. The fourth-order valence-electron chi connectivity index (χ4n) is 0.595. The Labute approximate surface area is 82.2 Å². The van der Waals surface area contributed by atoms with Crippen LogP contribution in [0.15, 0.2) is 54.4 Å². The minimum absolute atomic E-state index is 0.0782. The summed E-state index contributed by atoms with van der Waals surface area (Å²) in [6, 6.07) is 0. The molecule has 74 valence electrons. The molecule has 0 N–H and O–H groups in total. The first-order chi connectivity index (χ1) is 6.74. The highest BCUT2D eigenvalue weighted by Gasteiger charge is 1.91. The van der Waals surface area contributed by atoms with E-state index in [2.05, 4.69) is 23.1 Å². The Balaban J connectivity index is 3.98. The number of nitroso groups, excluding NO2 is 1. The Kier molecular flexibility index (Phi) is 6.59. The number of allylic oxidation sites excluding steroid dienone is 3. The van der Waals surface area contributed by atoms with E-state index in [0.717, 1.165) is 6.08 Å². The van der Waals surface area contributed by atoms with Crippen molar-refractivity contribution < 1.29 is 9.53 Å². The predicted octanol–water partition coefficient (Wildman–Crippen LogP) is 2.11. The van der Waals surface area contributed by atoms with Crippen LogP contribution in [0.5, 0.6) is 0 Å². The van der Waals surface area contributed by atoms with Gasteiger partial charge in [-0.05, 0) is 23.4 Å². The van der Waals surface area contributed by atoms with Crippen LogP contribution in [0.4, 0.5) is 0 Å². The predicted molar refractivity (Wildman–Crippen MR) is 54.4 cm³/mol. The number of carbonyl (C=O) groups is 1. The lowest BCUT2D eigenvalue weighted by Gasteiger charge is -1.94. The number of rotatable bonds is 6. The van der Waals surface area contributed by atoms with Crippen molar-refractivity contribution >= 4 is 5.97 Å². The molecular weight excluding hydrogens is 182 g/mol. The van der Waals surface area contributed by atoms with Gasteiger partial charge in [0.25, 0.3) is 0 Å². The molecule has 0 atom stereocenters. The Morgan fingerprint density at radius 1 is 1.43 bits per heavy atom. The van der Waals surface area contributed by atoms with Gasteiger partial charge in [-0.3, -0.25) is 0 Å². The third-order valence-corrected chi connectivity index (χ3v) is 1.17. The van der Waals surface area contributed by atoms with Gasteiger partial charge in [-0.1, -0.05) is 19.2 Å². The molecule has 0 aromatic heterocycles. The van der Waals surface area contributed by atoms with E-state index in [1.54, 1.807) is 0 Å². The number of hydrogen-bond donors (Lipinski definition) is 0. The molecule has 0 aliphatic heterocycles. The molecule has 0 unspecified atom stereocenters. The SMILES string of the molecule is C=C/C=C(\C=C/COC(=O)C=C)N=O. The van der Waals surface area contributed by atoms with Crippen LogP contribution >= 0.6 is 0 Å². The van der Waals surface area contributed by atoms with E-state index in [1.165, 1.54) is 24.3 Å². The van der Waals surface area contributed by atoms with E-state index >= 15 is 0 Å². The third kappa shape index (κ3) is 5.65. The van der Waals surface area contributed by atoms with Gasteiger partial charge in [0, 0.05) is 6.08 Å². The van der Waals surface area contributed by atoms with Gasteiger partial charge in [-0.15, -0.1) is 4.91 Å². The molecule has 0 aromatic rings. The average Bonchev–Trinajstić information content (AvgIpc) is 2.22. The zero-order chi connectivity index (χ0) is 10.8. The molecular formula is C10H11NO3. The van der Waals surface area contributed by atoms with Crippen LogP contribution in [-0.2, 0) is 9.53 Å². The number of ether oxygens (including phenoxy) is 1. The first-order valence-corrected chi connectivity index (χ1v) is 3.86. The third-order valence-electron chi connectivity index (χ3n) is 1.17. The van der Waals surface area contributed by atoms with Gasteiger partial charge in [0.15, 0.2) is 0 Å². The zero-order valence-corrected chi connectivity index (χ0v) is 7.68. The zero-order valence-electron chi connectivity index (χ0n) is 7.68. The van der Waals surface area contributed by atoms with Crippen molar-refractivity contribution in [1.29, 1.82) is 0 Å². The van der Waals surface area contributed by atoms with E-state index < -0.39 is 5.97 Å². The van der Waals surface area contributed by atoms with E-state index in [-0.39, 0.29) is 12.3 Å². The number of hydrogen-bond acceptors (Lipinski definition) is 4. The summed E-state index contributed by atoms with van der Waals surface area (Å²) < 4.78 is 4.62. The second-order valence-electron chi connectivity index (χ2n) is 2.16. The molecule has 0 radical (unpaired) electrons. The van der Waals surface area contributed by atoms with Crippen LogP contribution in [0.1, 0.15) is 0 Å². The molecule has 0 fully saturated rings. The van der Waals surface area contributed by atoms with Crippen LogP contribution in [0.2, 0.25) is 0 Å². The fourth-order valence-corrected chi connectivity index (χ4v) is 0.595. The lowest BCUT2D eigenvalue weighted by atomic mass is 10.3. The van der Waals surface area contributed by atoms with Crippen molar-refractivity contribution in [3.8, 4) is 0 Å². The van der Waals surface area contributed by atoms with Crippen molar-refractivity contribution in [2.24, 2.45) is 5.18 Å². The van der Waals surface area contributed by atoms with Crippen LogP contribution in [0, 0.1) is 4.91 Å². The molecule has 0 amide bonds. The van der Waals surface area contributed by atoms with Crippen LogP contribution in [0.3, 0.4) is 0 Å². The number of nitrogens with zero attached hydrogens (tertiary/aromatic N) is 1. The standard InChI is InChI=1S/C10H11NO3/c1-3-6-9(11-13)7-5-8-14-10(12)4-2/h3-7H,1-2,8H2/b7-5-,9-6+. The van der Waals surface area contributed by atoms with E-state index in [0.29, 0.717) is 0 Å². The Morgan fingerprint density at radius 2 is 2.14 bits per heavy atom. The molecule has 0 aliphatic rings. The summed E-state index contributed by atoms with van der Waals surface area (Å²) in [6.45, 7) is 6.72. The van der Waals surface area contributed by atoms with Gasteiger partial charge < -0.3 is 4.74 Å². The lowest BCUT2D eigenvalue weighted by molar-refractivity contribution is -0.136. The quantitative estimate of drug-likeness (QED) is 0.281. The van der Waals surface area contributed by atoms with Crippen molar-refractivity contribution in [3.05, 3.63) is 54.1 Å². The first kappa shape index (κ1) is 12.0. The summed E-state index contributed by atoms with van der Waals surface area (Å²) in [5.74, 6) is -0.511. The maximum Gasteiger partial charge on any atom is 0.330 e. The Bertz CT molecular complexity index is 290. The minimum Gasteiger partial charge on any atom is -0.458 e. The smallest absolute Gasteiger partial charge is 0.330 e. The van der Waals surface area contributed by atoms with Gasteiger partial charge in [0.1, 0.15) is 12.3 Å². The van der Waals surface area contributed by atoms with Gasteiger partial charge >= 0.3 is 5.97 Å². The molecule has 14 heavy (non-hydrogen) atoms. The first-order valence-electron chi connectivity index (χ1n) is 3.86. The van der Waals surface area contributed by atoms with Crippen molar-refractivity contribution in [1.82, 2.24) is 0 Å². The van der Waals surface area contributed by atoms with Crippen molar-refractivity contribution in [2.75, 3.05) is 6.61 Å². The second kappa shape index (κ2) is 7.67. The molecule has 0 bridgehead atoms. The van der Waals surface area contributed by atoms with Gasteiger partial charge in [0.2, 0.25) is 0 Å². The molecule has 0 aliphatic carbocycles. The van der Waals surface area contributed by atoms with Gasteiger partial charge in [-0.2, -0.15) is 0 Å². The minimum atomic E-state index is -0.511. The largest absolute Gasteiger partial charge is 0.458 e. The molecule has 0 saturated carbocycles. The van der Waals surface area contributed by atoms with E-state index in [4.69, 9.17) is 0 Å². The Hall–Kier alpha value is -1.97. The Morgan fingerprint density at radius 3 is 2.64 bits per heavy atom. The highest BCUT2D eigenvalue weighted by atomic mass is 16.5. The molecule has 0 heterocycles. The van der Waals surface area contributed by atoms with Crippen LogP contribution in [0.25, 0.3) is 0 Å². The normalized spacial score (nSPS) is 11.0. The maximum atomic E-state index is 10.6. The van der Waals surface area contributed by atoms with E-state index in [1.807, 2.05) is 0 Å². The second-order valence-corrected chi connectivity index (χ2v) is 2.16. The maximum absolute atomic E-state index is 10.6. The molecule has 0 saturated heterocycles. The highest BCUT2D eigenvalue weighted by Crippen LogP contribution is 1.98. The topological polar surface area (TPSA) is 55.7 Å². The molecule has 0 spiro atoms. The lowest BCUT2D eigenvalue weighted by Crippen LogP contribution is -1.98. The molecule has 4 nitrogen and oxygen atoms in total. The fraction of sp³-hybridized carbons (Fsp3) is 0.100. The summed E-state index contributed by atoms with van der Waals surface area (Å²) in [7, 11) is 0. The van der Waals surface area contributed by atoms with Crippen molar-refractivity contribution in [3.63, 3.8) is 0 Å². The summed E-state index contributed by atoms with van der Waals surface area (Å²) in [5.41, 5.74) is 0.217. The van der Waals surface area contributed by atoms with Gasteiger partial charge in [-0.25, -0.2) is 4.79 Å². The number of esters is 1. The number of carbonyl (C=O) groups excluding carboxylic acids is 1. The van der Waals surface area contributed by atoms with E-state index in [9.17, 15) is 9.70 Å². The van der Waals surface area contributed by atoms with Crippen molar-refractivity contribution in [2.45, 2.75) is 0 Å². The summed E-state index contributed by atoms with van der Waals surface area (Å²) >= 11 is 0. The van der Waals surface area contributed by atoms with Crippen LogP contribution in [-0.4, -0.2) is 12.6 Å². The highest BCUT2D eigenvalue weighted by molar-refractivity contribution is 5.81. The van der Waals surface area contributed by atoms with Gasteiger partial charge in [0.05, 0.1) is 0 Å². The molecule has 0 rings (SSSR count). The van der Waals surface area contributed by atoms with Crippen LogP contribution < -0.4 is 0 Å².